The van der Waals surface area contributed by atoms with Gasteiger partial charge in [0, 0.05) is 36.9 Å². The monoisotopic (exact) mass is 516 g/mol. The van der Waals surface area contributed by atoms with Gasteiger partial charge in [-0.25, -0.2) is 4.98 Å². The normalized spacial score (nSPS) is 20.9. The maximum Gasteiger partial charge on any atom is 0.324 e. The molecule has 2 N–H and O–H groups in total. The van der Waals surface area contributed by atoms with Crippen LogP contribution in [0.4, 0.5) is 0 Å². The molecule has 0 unspecified atom stereocenters. The smallest absolute Gasteiger partial charge is 0.324 e. The number of halogens is 3. The highest BCUT2D eigenvalue weighted by Gasteiger charge is 2.35. The van der Waals surface area contributed by atoms with Crippen LogP contribution >= 0.6 is 37.2 Å². The van der Waals surface area contributed by atoms with E-state index < -0.39 is 0 Å². The molecule has 1 saturated heterocycles. The number of likely N-dealkylation sites (tertiary alicyclic amines) is 1. The van der Waals surface area contributed by atoms with E-state index in [2.05, 4.69) is 33.7 Å². The molecule has 0 spiro atoms. The lowest BCUT2D eigenvalue weighted by Crippen LogP contribution is -2.45. The molecule has 6 nitrogen and oxygen atoms in total. The van der Waals surface area contributed by atoms with Gasteiger partial charge in [0.1, 0.15) is 12.1 Å². The number of aromatic nitrogens is 2. The molecule has 33 heavy (non-hydrogen) atoms. The Hall–Kier alpha value is -1.31. The molecule has 2 atom stereocenters. The highest BCUT2D eigenvalue weighted by molar-refractivity contribution is 5.86. The standard InChI is InChI=1S/C24H32N4O2.3ClH/c25-18-12-13-27(15-18)23(24(29)30-19-7-2-1-3-8-19)14-20-22-11-10-17-6-4-5-9-21(17)28(22)16-26-20;;;/h4-6,9,16,18-19,23H,1-3,7-8,10-15,25H2;3*1H/t18-,23-;;;/m0.../s1. The third-order valence-corrected chi connectivity index (χ3v) is 7.03. The number of hydrogen-bond acceptors (Lipinski definition) is 5. The Kier molecular flexibility index (Phi) is 10.5. The lowest BCUT2D eigenvalue weighted by atomic mass is 9.97. The highest BCUT2D eigenvalue weighted by atomic mass is 35.5. The summed E-state index contributed by atoms with van der Waals surface area (Å²) in [6.07, 6.45) is 11.1. The minimum absolute atomic E-state index is 0. The largest absolute Gasteiger partial charge is 0.461 e. The zero-order chi connectivity index (χ0) is 20.5. The number of esters is 1. The van der Waals surface area contributed by atoms with Gasteiger partial charge in [-0.05, 0) is 56.6 Å². The van der Waals surface area contributed by atoms with Gasteiger partial charge in [-0.1, -0.05) is 24.6 Å². The van der Waals surface area contributed by atoms with E-state index in [0.717, 1.165) is 63.7 Å². The first-order valence-corrected chi connectivity index (χ1v) is 11.5. The summed E-state index contributed by atoms with van der Waals surface area (Å²) in [5.41, 5.74) is 11.0. The summed E-state index contributed by atoms with van der Waals surface area (Å²) in [6, 6.07) is 8.35. The van der Waals surface area contributed by atoms with Crippen LogP contribution in [0, 0.1) is 0 Å². The average molecular weight is 518 g/mol. The third-order valence-electron chi connectivity index (χ3n) is 7.03. The van der Waals surface area contributed by atoms with Gasteiger partial charge in [-0.15, -0.1) is 37.2 Å². The van der Waals surface area contributed by atoms with Gasteiger partial charge >= 0.3 is 5.97 Å². The fourth-order valence-electron chi connectivity index (χ4n) is 5.33. The molecular weight excluding hydrogens is 483 g/mol. The summed E-state index contributed by atoms with van der Waals surface area (Å²) in [6.45, 7) is 1.60. The number of imidazole rings is 1. The van der Waals surface area contributed by atoms with Gasteiger partial charge in [0.25, 0.3) is 0 Å². The number of rotatable bonds is 5. The second-order valence-corrected chi connectivity index (χ2v) is 9.10. The van der Waals surface area contributed by atoms with Crippen molar-refractivity contribution in [2.45, 2.75) is 76.0 Å². The van der Waals surface area contributed by atoms with Crippen molar-refractivity contribution in [3.05, 3.63) is 47.5 Å². The lowest BCUT2D eigenvalue weighted by molar-refractivity contribution is -0.156. The van der Waals surface area contributed by atoms with Crippen molar-refractivity contribution < 1.29 is 9.53 Å². The van der Waals surface area contributed by atoms with Crippen LogP contribution in [0.25, 0.3) is 5.69 Å². The van der Waals surface area contributed by atoms with E-state index in [1.807, 2.05) is 6.33 Å². The molecular formula is C24H35Cl3N4O2. The zero-order valence-corrected chi connectivity index (χ0v) is 21.3. The van der Waals surface area contributed by atoms with E-state index in [0.29, 0.717) is 6.42 Å². The van der Waals surface area contributed by atoms with Crippen LogP contribution < -0.4 is 5.73 Å². The van der Waals surface area contributed by atoms with Crippen LogP contribution in [0.5, 0.6) is 0 Å². The van der Waals surface area contributed by atoms with E-state index in [1.54, 1.807) is 0 Å². The quantitative estimate of drug-likeness (QED) is 0.606. The minimum Gasteiger partial charge on any atom is -0.461 e. The van der Waals surface area contributed by atoms with E-state index >= 15 is 0 Å². The molecule has 0 bridgehead atoms. The van der Waals surface area contributed by atoms with Gasteiger partial charge in [0.2, 0.25) is 0 Å². The number of para-hydroxylation sites is 1. The van der Waals surface area contributed by atoms with Gasteiger partial charge < -0.3 is 15.0 Å². The van der Waals surface area contributed by atoms with Gasteiger partial charge in [0.05, 0.1) is 12.0 Å². The lowest BCUT2D eigenvalue weighted by Gasteiger charge is -2.29. The van der Waals surface area contributed by atoms with Crippen LogP contribution in [0.15, 0.2) is 30.6 Å². The topological polar surface area (TPSA) is 73.4 Å². The number of hydrogen-bond donors (Lipinski definition) is 1. The van der Waals surface area contributed by atoms with Crippen LogP contribution in [-0.4, -0.2) is 51.7 Å². The number of fused-ring (bicyclic) bond motifs is 3. The minimum atomic E-state index is -0.294. The van der Waals surface area contributed by atoms with E-state index in [9.17, 15) is 4.79 Å². The van der Waals surface area contributed by atoms with Crippen molar-refractivity contribution in [1.29, 1.82) is 0 Å². The van der Waals surface area contributed by atoms with Gasteiger partial charge in [-0.3, -0.25) is 9.69 Å². The molecule has 1 aliphatic carbocycles. The summed E-state index contributed by atoms with van der Waals surface area (Å²) >= 11 is 0. The molecule has 9 heteroatoms. The van der Waals surface area contributed by atoms with E-state index in [4.69, 9.17) is 15.5 Å². The number of nitrogens with zero attached hydrogens (tertiary/aromatic N) is 3. The summed E-state index contributed by atoms with van der Waals surface area (Å²) < 4.78 is 8.20. The van der Waals surface area contributed by atoms with E-state index in [1.165, 1.54) is 23.4 Å². The number of carbonyl (C=O) groups is 1. The summed E-state index contributed by atoms with van der Waals surface area (Å²) in [7, 11) is 0. The number of benzene rings is 1. The molecule has 1 aromatic carbocycles. The highest BCUT2D eigenvalue weighted by Crippen LogP contribution is 2.28. The summed E-state index contributed by atoms with van der Waals surface area (Å²) in [5, 5.41) is 0. The molecule has 2 aliphatic heterocycles. The van der Waals surface area contributed by atoms with Crippen molar-refractivity contribution in [2.75, 3.05) is 13.1 Å². The van der Waals surface area contributed by atoms with Crippen LogP contribution in [0.2, 0.25) is 0 Å². The van der Waals surface area contributed by atoms with Crippen molar-refractivity contribution in [2.24, 2.45) is 5.73 Å². The average Bonchev–Trinajstić information content (AvgIpc) is 3.38. The number of aryl methyl sites for hydroxylation is 1. The summed E-state index contributed by atoms with van der Waals surface area (Å²) in [4.78, 5) is 20.2. The van der Waals surface area contributed by atoms with Gasteiger partial charge in [-0.2, -0.15) is 0 Å². The molecule has 0 amide bonds. The molecule has 0 radical (unpaired) electrons. The van der Waals surface area contributed by atoms with Crippen LogP contribution in [0.3, 0.4) is 0 Å². The molecule has 3 heterocycles. The van der Waals surface area contributed by atoms with Crippen LogP contribution in [-0.2, 0) is 28.8 Å². The van der Waals surface area contributed by atoms with Gasteiger partial charge in [0.15, 0.2) is 0 Å². The van der Waals surface area contributed by atoms with Crippen LogP contribution in [0.1, 0.15) is 55.5 Å². The van der Waals surface area contributed by atoms with E-state index in [-0.39, 0.29) is 61.4 Å². The Labute approximate surface area is 214 Å². The second kappa shape index (κ2) is 12.4. The predicted molar refractivity (Wildman–Crippen MR) is 137 cm³/mol. The molecule has 2 fully saturated rings. The predicted octanol–water partition coefficient (Wildman–Crippen LogP) is 4.06. The number of nitrogens with two attached hydrogens (primary N) is 1. The van der Waals surface area contributed by atoms with Crippen molar-refractivity contribution in [3.63, 3.8) is 0 Å². The van der Waals surface area contributed by atoms with Crippen molar-refractivity contribution >= 4 is 43.2 Å². The first kappa shape index (κ1) is 27.9. The zero-order valence-electron chi connectivity index (χ0n) is 18.9. The molecule has 1 saturated carbocycles. The summed E-state index contributed by atoms with van der Waals surface area (Å²) in [5.74, 6) is -0.0889. The Balaban J connectivity index is 0.00000128. The Morgan fingerprint density at radius 2 is 1.85 bits per heavy atom. The number of ether oxygens (including phenoxy) is 1. The first-order valence-electron chi connectivity index (χ1n) is 11.5. The second-order valence-electron chi connectivity index (χ2n) is 9.10. The molecule has 184 valence electrons. The SMILES string of the molecule is Cl.Cl.Cl.N[C@H]1CCN([C@@H](Cc2ncn3c2CCc2ccccc2-3)C(=O)OC2CCCCC2)C1. The fraction of sp³-hybridized carbons (Fsp3) is 0.583. The first-order chi connectivity index (χ1) is 14.7. The van der Waals surface area contributed by atoms with Crippen molar-refractivity contribution in [3.8, 4) is 5.69 Å². The molecule has 3 aliphatic rings. The number of carbonyl (C=O) groups excluding carboxylic acids is 1. The molecule has 5 rings (SSSR count). The maximum atomic E-state index is 13.3. The Morgan fingerprint density at radius 3 is 2.58 bits per heavy atom. The van der Waals surface area contributed by atoms with Crippen molar-refractivity contribution in [1.82, 2.24) is 14.5 Å². The molecule has 2 aromatic rings. The fourth-order valence-corrected chi connectivity index (χ4v) is 5.33. The Bertz CT molecular complexity index is 917. The maximum absolute atomic E-state index is 13.3. The molecule has 1 aromatic heterocycles. The third kappa shape index (κ3) is 6.04. The Morgan fingerprint density at radius 1 is 1.09 bits per heavy atom.